The van der Waals surface area contributed by atoms with Crippen LogP contribution in [0.2, 0.25) is 0 Å². The lowest BCUT2D eigenvalue weighted by Gasteiger charge is -2.33. The Hall–Kier alpha value is -2.41. The summed E-state index contributed by atoms with van der Waals surface area (Å²) in [5.41, 5.74) is 0.112. The molecule has 0 aromatic heterocycles. The summed E-state index contributed by atoms with van der Waals surface area (Å²) >= 11 is 0. The molecule has 29 heavy (non-hydrogen) atoms. The predicted octanol–water partition coefficient (Wildman–Crippen LogP) is 5.11. The van der Waals surface area contributed by atoms with Gasteiger partial charge in [0.15, 0.2) is 0 Å². The highest BCUT2D eigenvalue weighted by atomic mass is 19.4. The number of nitrogens with one attached hydrogen (secondary N) is 1. The van der Waals surface area contributed by atoms with E-state index in [4.69, 9.17) is 0 Å². The molecule has 7 heteroatoms. The second-order valence-corrected chi connectivity index (χ2v) is 7.72. The van der Waals surface area contributed by atoms with Crippen molar-refractivity contribution in [3.05, 3.63) is 59.4 Å². The van der Waals surface area contributed by atoms with Crippen LogP contribution in [0.1, 0.15) is 41.6 Å². The Morgan fingerprint density at radius 2 is 1.69 bits per heavy atom. The number of carbonyl (C=O) groups is 1. The Bertz CT molecular complexity index is 862. The Morgan fingerprint density at radius 1 is 1.03 bits per heavy atom. The van der Waals surface area contributed by atoms with Gasteiger partial charge in [0, 0.05) is 12.1 Å². The normalized spacial score (nSPS) is 20.0. The quantitative estimate of drug-likeness (QED) is 0.713. The lowest BCUT2D eigenvalue weighted by molar-refractivity contribution is -0.137. The maximum atomic E-state index is 14.3. The molecule has 2 aromatic carbocycles. The highest BCUT2D eigenvalue weighted by molar-refractivity contribution is 5.96. The highest BCUT2D eigenvalue weighted by Gasteiger charge is 2.30. The van der Waals surface area contributed by atoms with Crippen LogP contribution in [0.25, 0.3) is 11.1 Å². The van der Waals surface area contributed by atoms with Crippen LogP contribution in [0.4, 0.5) is 17.6 Å². The fraction of sp³-hybridized carbons (Fsp3) is 0.409. The molecular weight excluding hydrogens is 384 g/mol. The number of hydrogen-bond donors (Lipinski definition) is 1. The van der Waals surface area contributed by atoms with E-state index in [0.717, 1.165) is 37.8 Å². The van der Waals surface area contributed by atoms with Crippen molar-refractivity contribution < 1.29 is 22.4 Å². The van der Waals surface area contributed by atoms with E-state index < -0.39 is 23.5 Å². The Kier molecular flexibility index (Phi) is 6.27. The molecule has 156 valence electrons. The Morgan fingerprint density at radius 3 is 2.31 bits per heavy atom. The van der Waals surface area contributed by atoms with E-state index in [-0.39, 0.29) is 11.6 Å². The molecule has 1 fully saturated rings. The fourth-order valence-corrected chi connectivity index (χ4v) is 3.76. The zero-order valence-electron chi connectivity index (χ0n) is 16.4. The number of amides is 1. The smallest absolute Gasteiger partial charge is 0.349 e. The third-order valence-corrected chi connectivity index (χ3v) is 5.47. The molecule has 1 saturated carbocycles. The van der Waals surface area contributed by atoms with Gasteiger partial charge in [0.2, 0.25) is 0 Å². The van der Waals surface area contributed by atoms with E-state index in [9.17, 15) is 22.4 Å². The van der Waals surface area contributed by atoms with E-state index in [1.54, 1.807) is 0 Å². The Labute approximate surface area is 167 Å². The SMILES string of the molecule is CN(C)[C@@H]1CCC[C@H](NC(=O)c2cc(-c3ccc(C(F)(F)F)cc3)ccc2F)C1. The first-order chi connectivity index (χ1) is 13.6. The largest absolute Gasteiger partial charge is 0.416 e. The van der Waals surface area contributed by atoms with Crippen molar-refractivity contribution in [1.82, 2.24) is 10.2 Å². The summed E-state index contributed by atoms with van der Waals surface area (Å²) in [5, 5.41) is 2.91. The third-order valence-electron chi connectivity index (χ3n) is 5.47. The zero-order chi connectivity index (χ0) is 21.2. The topological polar surface area (TPSA) is 32.3 Å². The molecule has 3 rings (SSSR count). The molecular formula is C22H24F4N2O. The summed E-state index contributed by atoms with van der Waals surface area (Å²) in [6, 6.07) is 8.95. The monoisotopic (exact) mass is 408 g/mol. The average Bonchev–Trinajstić information content (AvgIpc) is 2.68. The third kappa shape index (κ3) is 5.15. The van der Waals surface area contributed by atoms with Gasteiger partial charge in [0.1, 0.15) is 5.82 Å². The zero-order valence-corrected chi connectivity index (χ0v) is 16.4. The standard InChI is InChI=1S/C22H24F4N2O/c1-28(2)18-5-3-4-17(13-18)27-21(29)19-12-15(8-11-20(19)23)14-6-9-16(10-7-14)22(24,25)26/h6-12,17-18H,3-5,13H2,1-2H3,(H,27,29)/t17-,18+/m0/s1. The molecule has 1 aliphatic carbocycles. The average molecular weight is 408 g/mol. The molecule has 0 heterocycles. The summed E-state index contributed by atoms with van der Waals surface area (Å²) < 4.78 is 52.5. The fourth-order valence-electron chi connectivity index (χ4n) is 3.76. The molecule has 2 atom stereocenters. The van der Waals surface area contributed by atoms with E-state index in [2.05, 4.69) is 10.2 Å². The Balaban J connectivity index is 1.77. The minimum atomic E-state index is -4.42. The van der Waals surface area contributed by atoms with E-state index in [1.807, 2.05) is 14.1 Å². The maximum absolute atomic E-state index is 14.3. The van der Waals surface area contributed by atoms with Gasteiger partial charge in [-0.15, -0.1) is 0 Å². The first-order valence-electron chi connectivity index (χ1n) is 9.59. The number of alkyl halides is 3. The van der Waals surface area contributed by atoms with Crippen LogP contribution in [0, 0.1) is 5.82 Å². The van der Waals surface area contributed by atoms with Crippen LogP contribution < -0.4 is 5.32 Å². The molecule has 0 unspecified atom stereocenters. The van der Waals surface area contributed by atoms with Crippen molar-refractivity contribution in [3.8, 4) is 11.1 Å². The molecule has 1 aliphatic rings. The number of rotatable bonds is 4. The van der Waals surface area contributed by atoms with Crippen LogP contribution in [0.3, 0.4) is 0 Å². The van der Waals surface area contributed by atoms with Gasteiger partial charge < -0.3 is 10.2 Å². The molecule has 2 aromatic rings. The molecule has 0 spiro atoms. The van der Waals surface area contributed by atoms with Crippen LogP contribution in [-0.2, 0) is 6.18 Å². The molecule has 0 radical (unpaired) electrons. The van der Waals surface area contributed by atoms with Gasteiger partial charge in [0.25, 0.3) is 5.91 Å². The summed E-state index contributed by atoms with van der Waals surface area (Å²) in [7, 11) is 4.00. The van der Waals surface area contributed by atoms with E-state index in [1.165, 1.54) is 30.3 Å². The first-order valence-corrected chi connectivity index (χ1v) is 9.59. The lowest BCUT2D eigenvalue weighted by atomic mass is 9.90. The van der Waals surface area contributed by atoms with Crippen molar-refractivity contribution >= 4 is 5.91 Å². The van der Waals surface area contributed by atoms with Crippen molar-refractivity contribution in [3.63, 3.8) is 0 Å². The van der Waals surface area contributed by atoms with E-state index in [0.29, 0.717) is 17.2 Å². The number of carbonyl (C=O) groups excluding carboxylic acids is 1. The number of hydrogen-bond acceptors (Lipinski definition) is 2. The summed E-state index contributed by atoms with van der Waals surface area (Å²) in [6.45, 7) is 0. The van der Waals surface area contributed by atoms with Crippen molar-refractivity contribution in [2.75, 3.05) is 14.1 Å². The number of benzene rings is 2. The number of nitrogens with zero attached hydrogens (tertiary/aromatic N) is 1. The van der Waals surface area contributed by atoms with Crippen LogP contribution in [-0.4, -0.2) is 37.0 Å². The van der Waals surface area contributed by atoms with Crippen molar-refractivity contribution in [2.24, 2.45) is 0 Å². The molecule has 0 bridgehead atoms. The summed E-state index contributed by atoms with van der Waals surface area (Å²) in [5.74, 6) is -1.15. The van der Waals surface area contributed by atoms with Gasteiger partial charge >= 0.3 is 6.18 Å². The van der Waals surface area contributed by atoms with Gasteiger partial charge in [-0.1, -0.05) is 18.2 Å². The first kappa shape index (κ1) is 21.3. The van der Waals surface area contributed by atoms with Gasteiger partial charge in [-0.2, -0.15) is 13.2 Å². The molecule has 1 N–H and O–H groups in total. The van der Waals surface area contributed by atoms with Gasteiger partial charge in [-0.05, 0) is 75.2 Å². The minimum Gasteiger partial charge on any atom is -0.349 e. The lowest BCUT2D eigenvalue weighted by Crippen LogP contribution is -2.43. The van der Waals surface area contributed by atoms with Crippen molar-refractivity contribution in [1.29, 1.82) is 0 Å². The van der Waals surface area contributed by atoms with Crippen LogP contribution in [0.15, 0.2) is 42.5 Å². The minimum absolute atomic E-state index is 0.0298. The van der Waals surface area contributed by atoms with Crippen molar-refractivity contribution in [2.45, 2.75) is 43.9 Å². The van der Waals surface area contributed by atoms with Crippen LogP contribution in [0.5, 0.6) is 0 Å². The predicted molar refractivity (Wildman–Crippen MR) is 104 cm³/mol. The summed E-state index contributed by atoms with van der Waals surface area (Å²) in [6.07, 6.45) is -0.717. The van der Waals surface area contributed by atoms with E-state index >= 15 is 0 Å². The second kappa shape index (κ2) is 8.53. The molecule has 1 amide bonds. The highest BCUT2D eigenvalue weighted by Crippen LogP contribution is 2.31. The maximum Gasteiger partial charge on any atom is 0.416 e. The van der Waals surface area contributed by atoms with Gasteiger partial charge in [-0.25, -0.2) is 4.39 Å². The summed E-state index contributed by atoms with van der Waals surface area (Å²) in [4.78, 5) is 14.8. The molecule has 0 saturated heterocycles. The van der Waals surface area contributed by atoms with Gasteiger partial charge in [-0.3, -0.25) is 4.79 Å². The second-order valence-electron chi connectivity index (χ2n) is 7.72. The molecule has 0 aliphatic heterocycles. The van der Waals surface area contributed by atoms with Crippen LogP contribution >= 0.6 is 0 Å². The molecule has 3 nitrogen and oxygen atoms in total. The van der Waals surface area contributed by atoms with Gasteiger partial charge in [0.05, 0.1) is 11.1 Å². The number of halogens is 4.